The predicted octanol–water partition coefficient (Wildman–Crippen LogP) is 3.13. The smallest absolute Gasteiger partial charge is 0.307 e. The number of fused-ring (bicyclic) bond motifs is 1. The van der Waals surface area contributed by atoms with E-state index in [-0.39, 0.29) is 24.3 Å². The van der Waals surface area contributed by atoms with E-state index in [4.69, 9.17) is 9.47 Å². The number of aromatic nitrogens is 1. The largest absolute Gasteiger partial charge is 0.497 e. The average Bonchev–Trinajstić information content (AvgIpc) is 2.98. The molecule has 1 aliphatic heterocycles. The van der Waals surface area contributed by atoms with Gasteiger partial charge < -0.3 is 18.9 Å². The third-order valence-electron chi connectivity index (χ3n) is 5.07. The van der Waals surface area contributed by atoms with E-state index in [1.165, 1.54) is 0 Å². The highest BCUT2D eigenvalue weighted by atomic mass is 16.5. The normalized spacial score (nSPS) is 17.3. The van der Waals surface area contributed by atoms with Crippen molar-refractivity contribution >= 4 is 22.8 Å². The average molecular weight is 358 g/mol. The lowest BCUT2D eigenvalue weighted by atomic mass is 9.99. The third kappa shape index (κ3) is 3.54. The molecule has 2 heterocycles. The van der Waals surface area contributed by atoms with Gasteiger partial charge in [0.25, 0.3) is 5.91 Å². The number of methoxy groups -OCH3 is 1. The van der Waals surface area contributed by atoms with Gasteiger partial charge in [0.05, 0.1) is 25.7 Å². The highest BCUT2D eigenvalue weighted by molar-refractivity contribution is 5.99. The fourth-order valence-corrected chi connectivity index (χ4v) is 3.68. The Kier molecular flexibility index (Phi) is 5.49. The second kappa shape index (κ2) is 7.81. The Morgan fingerprint density at radius 3 is 2.77 bits per heavy atom. The molecule has 26 heavy (non-hydrogen) atoms. The molecule has 1 fully saturated rings. The number of rotatable bonds is 5. The van der Waals surface area contributed by atoms with Crippen LogP contribution in [0.15, 0.2) is 24.3 Å². The molecule has 1 aromatic heterocycles. The van der Waals surface area contributed by atoms with Crippen LogP contribution >= 0.6 is 0 Å². The second-order valence-electron chi connectivity index (χ2n) is 6.67. The van der Waals surface area contributed by atoms with Gasteiger partial charge in [-0.2, -0.15) is 0 Å². The van der Waals surface area contributed by atoms with Crippen molar-refractivity contribution in [3.63, 3.8) is 0 Å². The Bertz CT molecular complexity index is 811. The number of hydrogen-bond donors (Lipinski definition) is 0. The van der Waals surface area contributed by atoms with Crippen molar-refractivity contribution in [2.24, 2.45) is 7.05 Å². The summed E-state index contributed by atoms with van der Waals surface area (Å²) in [6.45, 7) is 2.84. The summed E-state index contributed by atoms with van der Waals surface area (Å²) in [5.41, 5.74) is 1.58. The van der Waals surface area contributed by atoms with Gasteiger partial charge >= 0.3 is 5.97 Å². The maximum Gasteiger partial charge on any atom is 0.307 e. The Hall–Kier alpha value is -2.50. The van der Waals surface area contributed by atoms with Crippen molar-refractivity contribution < 1.29 is 19.1 Å². The molecule has 3 rings (SSSR count). The zero-order chi connectivity index (χ0) is 18.7. The van der Waals surface area contributed by atoms with Gasteiger partial charge in [0, 0.05) is 31.1 Å². The number of aryl methyl sites for hydroxylation is 1. The summed E-state index contributed by atoms with van der Waals surface area (Å²) in [6.07, 6.45) is 3.09. The molecule has 0 spiro atoms. The van der Waals surface area contributed by atoms with Gasteiger partial charge in [0.15, 0.2) is 0 Å². The zero-order valence-corrected chi connectivity index (χ0v) is 15.7. The molecular formula is C20H26N2O4. The molecule has 1 aliphatic rings. The lowest BCUT2D eigenvalue weighted by Gasteiger charge is -2.35. The monoisotopic (exact) mass is 358 g/mol. The number of esters is 1. The van der Waals surface area contributed by atoms with Crippen LogP contribution in [0, 0.1) is 0 Å². The van der Waals surface area contributed by atoms with E-state index < -0.39 is 0 Å². The van der Waals surface area contributed by atoms with Gasteiger partial charge in [0.2, 0.25) is 0 Å². The molecule has 0 saturated carbocycles. The van der Waals surface area contributed by atoms with E-state index in [1.807, 2.05) is 40.8 Å². The molecule has 0 radical (unpaired) electrons. The van der Waals surface area contributed by atoms with E-state index >= 15 is 0 Å². The number of amides is 1. The highest BCUT2D eigenvalue weighted by Crippen LogP contribution is 2.27. The summed E-state index contributed by atoms with van der Waals surface area (Å²) in [4.78, 5) is 27.0. The van der Waals surface area contributed by atoms with Crippen LogP contribution in [0.4, 0.5) is 0 Å². The fourth-order valence-electron chi connectivity index (χ4n) is 3.68. The molecule has 0 aliphatic carbocycles. The van der Waals surface area contributed by atoms with Gasteiger partial charge in [-0.15, -0.1) is 0 Å². The Morgan fingerprint density at radius 1 is 1.23 bits per heavy atom. The van der Waals surface area contributed by atoms with Gasteiger partial charge in [-0.3, -0.25) is 9.59 Å². The summed E-state index contributed by atoms with van der Waals surface area (Å²) in [6, 6.07) is 7.59. The van der Waals surface area contributed by atoms with Crippen molar-refractivity contribution in [3.8, 4) is 5.75 Å². The molecule has 1 aromatic carbocycles. The van der Waals surface area contributed by atoms with Crippen LogP contribution in [0.2, 0.25) is 0 Å². The minimum atomic E-state index is -0.237. The number of carbonyl (C=O) groups excluding carboxylic acids is 2. The van der Waals surface area contributed by atoms with Crippen LogP contribution in [0.1, 0.15) is 43.1 Å². The topological polar surface area (TPSA) is 60.8 Å². The van der Waals surface area contributed by atoms with Crippen molar-refractivity contribution in [2.45, 2.75) is 38.6 Å². The molecule has 1 saturated heterocycles. The predicted molar refractivity (Wildman–Crippen MR) is 99.4 cm³/mol. The zero-order valence-electron chi connectivity index (χ0n) is 15.7. The molecular weight excluding hydrogens is 332 g/mol. The molecule has 0 N–H and O–H groups in total. The maximum atomic E-state index is 13.2. The lowest BCUT2D eigenvalue weighted by Crippen LogP contribution is -2.45. The number of nitrogens with zero attached hydrogens (tertiary/aromatic N) is 2. The van der Waals surface area contributed by atoms with Crippen LogP contribution in [0.25, 0.3) is 10.9 Å². The minimum Gasteiger partial charge on any atom is -0.497 e. The van der Waals surface area contributed by atoms with Crippen LogP contribution in [0.5, 0.6) is 5.75 Å². The van der Waals surface area contributed by atoms with Crippen molar-refractivity contribution in [3.05, 3.63) is 30.0 Å². The van der Waals surface area contributed by atoms with Crippen LogP contribution in [0.3, 0.4) is 0 Å². The quantitative estimate of drug-likeness (QED) is 0.771. The first-order valence-electron chi connectivity index (χ1n) is 9.15. The third-order valence-corrected chi connectivity index (χ3v) is 5.07. The number of benzene rings is 1. The van der Waals surface area contributed by atoms with Gasteiger partial charge in [-0.25, -0.2) is 0 Å². The van der Waals surface area contributed by atoms with Gasteiger partial charge in [-0.1, -0.05) is 0 Å². The number of hydrogen-bond acceptors (Lipinski definition) is 4. The summed E-state index contributed by atoms with van der Waals surface area (Å²) < 4.78 is 12.3. The number of likely N-dealkylation sites (tertiary alicyclic amines) is 1. The number of piperidine rings is 1. The van der Waals surface area contributed by atoms with E-state index in [0.29, 0.717) is 18.8 Å². The van der Waals surface area contributed by atoms with Crippen molar-refractivity contribution in [2.75, 3.05) is 20.3 Å². The summed E-state index contributed by atoms with van der Waals surface area (Å²) in [5, 5.41) is 0.996. The standard InChI is InChI=1S/C20H26N2O4/c1-4-26-19(23)12-15-7-5-6-10-22(15)20(24)18-11-14-8-9-16(25-3)13-17(14)21(18)2/h8-9,11,13,15H,4-7,10,12H2,1-3H3/t15-/m0/s1. The molecule has 1 atom stereocenters. The first-order valence-corrected chi connectivity index (χ1v) is 9.15. The minimum absolute atomic E-state index is 0.0309. The van der Waals surface area contributed by atoms with E-state index in [0.717, 1.165) is 35.9 Å². The second-order valence-corrected chi connectivity index (χ2v) is 6.67. The van der Waals surface area contributed by atoms with Crippen LogP contribution < -0.4 is 4.74 Å². The lowest BCUT2D eigenvalue weighted by molar-refractivity contribution is -0.144. The van der Waals surface area contributed by atoms with E-state index in [1.54, 1.807) is 14.0 Å². The maximum absolute atomic E-state index is 13.2. The number of ether oxygens (including phenoxy) is 2. The SMILES string of the molecule is CCOC(=O)C[C@@H]1CCCCN1C(=O)c1cc2ccc(OC)cc2n1C. The molecule has 2 aromatic rings. The van der Waals surface area contributed by atoms with E-state index in [9.17, 15) is 9.59 Å². The van der Waals surface area contributed by atoms with Crippen molar-refractivity contribution in [1.29, 1.82) is 0 Å². The Morgan fingerprint density at radius 2 is 2.04 bits per heavy atom. The van der Waals surface area contributed by atoms with Crippen molar-refractivity contribution in [1.82, 2.24) is 9.47 Å². The molecule has 6 nitrogen and oxygen atoms in total. The number of carbonyl (C=O) groups is 2. The van der Waals surface area contributed by atoms with Gasteiger partial charge in [-0.05, 0) is 44.4 Å². The first-order chi connectivity index (χ1) is 12.5. The van der Waals surface area contributed by atoms with Crippen LogP contribution in [-0.4, -0.2) is 47.6 Å². The Balaban J connectivity index is 1.87. The molecule has 0 unspecified atom stereocenters. The molecule has 6 heteroatoms. The van der Waals surface area contributed by atoms with Gasteiger partial charge in [0.1, 0.15) is 11.4 Å². The summed E-state index contributed by atoms with van der Waals surface area (Å²) >= 11 is 0. The van der Waals surface area contributed by atoms with Crippen LogP contribution in [-0.2, 0) is 16.6 Å². The molecule has 0 bridgehead atoms. The fraction of sp³-hybridized carbons (Fsp3) is 0.500. The summed E-state index contributed by atoms with van der Waals surface area (Å²) in [7, 11) is 3.52. The van der Waals surface area contributed by atoms with E-state index in [2.05, 4.69) is 0 Å². The molecule has 1 amide bonds. The first kappa shape index (κ1) is 18.3. The Labute approximate surface area is 153 Å². The molecule has 140 valence electrons. The highest BCUT2D eigenvalue weighted by Gasteiger charge is 2.31. The summed E-state index contributed by atoms with van der Waals surface area (Å²) in [5.74, 6) is 0.492.